The van der Waals surface area contributed by atoms with Gasteiger partial charge in [0, 0.05) is 18.4 Å². The molecule has 1 saturated heterocycles. The van der Waals surface area contributed by atoms with Crippen LogP contribution in [0.15, 0.2) is 0 Å². The number of carboxylic acids is 1. The summed E-state index contributed by atoms with van der Waals surface area (Å²) in [4.78, 5) is 22.5. The van der Waals surface area contributed by atoms with E-state index < -0.39 is 5.97 Å². The Balaban J connectivity index is 1.92. The van der Waals surface area contributed by atoms with Crippen molar-refractivity contribution in [1.29, 1.82) is 0 Å². The molecular weight excluding hydrogens is 208 g/mol. The third-order valence-electron chi connectivity index (χ3n) is 3.56. The maximum absolute atomic E-state index is 12.1. The number of fused-ring (bicyclic) bond motifs is 1. The minimum atomic E-state index is -0.847. The molecule has 0 spiro atoms. The van der Waals surface area contributed by atoms with Gasteiger partial charge in [-0.1, -0.05) is 12.8 Å². The molecule has 0 radical (unpaired) electrons. The number of rotatable bonds is 3. The Labute approximate surface area is 94.6 Å². The number of ketones is 1. The Morgan fingerprint density at radius 2 is 2.06 bits per heavy atom. The smallest absolute Gasteiger partial charge is 0.303 e. The molecule has 1 aliphatic heterocycles. The number of hydrazine groups is 1. The molecule has 2 aliphatic rings. The maximum atomic E-state index is 12.1. The van der Waals surface area contributed by atoms with Gasteiger partial charge in [0.1, 0.15) is 0 Å². The summed E-state index contributed by atoms with van der Waals surface area (Å²) in [7, 11) is 0. The van der Waals surface area contributed by atoms with Crippen molar-refractivity contribution in [3.05, 3.63) is 0 Å². The summed E-state index contributed by atoms with van der Waals surface area (Å²) in [5.74, 6) is -0.557. The van der Waals surface area contributed by atoms with Crippen LogP contribution >= 0.6 is 0 Å². The number of hydrogen-bond donors (Lipinski definition) is 3. The van der Waals surface area contributed by atoms with E-state index in [1.807, 2.05) is 0 Å². The number of carbonyl (C=O) groups is 2. The molecule has 1 heterocycles. The van der Waals surface area contributed by atoms with Crippen LogP contribution in [0.4, 0.5) is 0 Å². The maximum Gasteiger partial charge on any atom is 0.303 e. The molecule has 0 aromatic heterocycles. The molecule has 1 saturated carbocycles. The van der Waals surface area contributed by atoms with Crippen LogP contribution in [0.5, 0.6) is 0 Å². The fourth-order valence-corrected chi connectivity index (χ4v) is 2.66. The second-order valence-electron chi connectivity index (χ2n) is 4.67. The van der Waals surface area contributed by atoms with Crippen molar-refractivity contribution in [1.82, 2.24) is 10.9 Å². The van der Waals surface area contributed by atoms with E-state index in [-0.39, 0.29) is 30.2 Å². The fraction of sp³-hybridized carbons (Fsp3) is 0.818. The molecule has 16 heavy (non-hydrogen) atoms. The number of carbonyl (C=O) groups excluding carboxylic acids is 1. The van der Waals surface area contributed by atoms with Crippen LogP contribution < -0.4 is 10.9 Å². The van der Waals surface area contributed by atoms with Gasteiger partial charge in [-0.2, -0.15) is 0 Å². The zero-order valence-electron chi connectivity index (χ0n) is 9.24. The molecule has 90 valence electrons. The highest BCUT2D eigenvalue weighted by molar-refractivity contribution is 5.88. The topological polar surface area (TPSA) is 78.4 Å². The number of aliphatic carboxylic acids is 1. The lowest BCUT2D eigenvalue weighted by Gasteiger charge is -2.39. The van der Waals surface area contributed by atoms with Gasteiger partial charge < -0.3 is 5.11 Å². The summed E-state index contributed by atoms with van der Waals surface area (Å²) in [5.41, 5.74) is 6.12. The van der Waals surface area contributed by atoms with E-state index in [4.69, 9.17) is 5.11 Å². The average molecular weight is 226 g/mol. The third kappa shape index (κ3) is 2.41. The Morgan fingerprint density at radius 1 is 1.31 bits per heavy atom. The van der Waals surface area contributed by atoms with Crippen molar-refractivity contribution in [2.75, 3.05) is 0 Å². The first-order chi connectivity index (χ1) is 7.68. The summed E-state index contributed by atoms with van der Waals surface area (Å²) in [6, 6.07) is -0.0715. The molecular formula is C11H18N2O3. The zero-order valence-corrected chi connectivity index (χ0v) is 9.24. The van der Waals surface area contributed by atoms with Gasteiger partial charge in [-0.25, -0.2) is 5.43 Å². The standard InChI is InChI=1S/C11H18N2O3/c14-10(15)6-5-9-11(16)7-3-1-2-4-8(7)12-13-9/h7-9,12-13H,1-6H2,(H,14,15). The molecule has 3 atom stereocenters. The Bertz CT molecular complexity index is 293. The molecule has 1 aliphatic carbocycles. The van der Waals surface area contributed by atoms with Crippen LogP contribution in [-0.2, 0) is 9.59 Å². The number of nitrogens with one attached hydrogen (secondary N) is 2. The Hall–Kier alpha value is -0.940. The molecule has 2 rings (SSSR count). The molecule has 0 aromatic rings. The van der Waals surface area contributed by atoms with Gasteiger partial charge >= 0.3 is 5.97 Å². The number of Topliss-reactive ketones (excluding diaryl/α,β-unsaturated/α-hetero) is 1. The summed E-state index contributed by atoms with van der Waals surface area (Å²) < 4.78 is 0. The SMILES string of the molecule is O=C(O)CCC1NNC2CCCCC2C1=O. The molecule has 0 amide bonds. The highest BCUT2D eigenvalue weighted by atomic mass is 16.4. The van der Waals surface area contributed by atoms with Crippen LogP contribution in [0.1, 0.15) is 38.5 Å². The monoisotopic (exact) mass is 226 g/mol. The lowest BCUT2D eigenvalue weighted by molar-refractivity contribution is -0.137. The number of hydrogen-bond acceptors (Lipinski definition) is 4. The van der Waals surface area contributed by atoms with Gasteiger partial charge in [0.05, 0.1) is 6.04 Å². The van der Waals surface area contributed by atoms with E-state index in [1.54, 1.807) is 0 Å². The minimum Gasteiger partial charge on any atom is -0.481 e. The van der Waals surface area contributed by atoms with E-state index in [0.29, 0.717) is 6.42 Å². The molecule has 0 aromatic carbocycles. The first-order valence-electron chi connectivity index (χ1n) is 5.95. The predicted octanol–water partition coefficient (Wildman–Crippen LogP) is 0.455. The van der Waals surface area contributed by atoms with Gasteiger partial charge in [-0.05, 0) is 19.3 Å². The van der Waals surface area contributed by atoms with Crippen molar-refractivity contribution in [3.63, 3.8) is 0 Å². The molecule has 0 bridgehead atoms. The highest BCUT2D eigenvalue weighted by Gasteiger charge is 2.38. The van der Waals surface area contributed by atoms with E-state index in [2.05, 4.69) is 10.9 Å². The summed E-state index contributed by atoms with van der Waals surface area (Å²) in [6.45, 7) is 0. The van der Waals surface area contributed by atoms with Crippen LogP contribution in [0.2, 0.25) is 0 Å². The van der Waals surface area contributed by atoms with E-state index in [0.717, 1.165) is 19.3 Å². The fourth-order valence-electron chi connectivity index (χ4n) is 2.66. The predicted molar refractivity (Wildman–Crippen MR) is 57.7 cm³/mol. The van der Waals surface area contributed by atoms with Crippen molar-refractivity contribution in [2.24, 2.45) is 5.92 Å². The summed E-state index contributed by atoms with van der Waals surface area (Å²) >= 11 is 0. The lowest BCUT2D eigenvalue weighted by Crippen LogP contribution is -2.62. The Kier molecular flexibility index (Phi) is 3.56. The van der Waals surface area contributed by atoms with Crippen molar-refractivity contribution in [3.8, 4) is 0 Å². The molecule has 3 N–H and O–H groups in total. The largest absolute Gasteiger partial charge is 0.481 e. The van der Waals surface area contributed by atoms with E-state index >= 15 is 0 Å². The van der Waals surface area contributed by atoms with Crippen LogP contribution in [-0.4, -0.2) is 28.9 Å². The third-order valence-corrected chi connectivity index (χ3v) is 3.56. The molecule has 5 heteroatoms. The number of carboxylic acid groups (broad SMARTS) is 1. The van der Waals surface area contributed by atoms with Crippen molar-refractivity contribution >= 4 is 11.8 Å². The molecule has 2 fully saturated rings. The second kappa shape index (κ2) is 4.93. The summed E-state index contributed by atoms with van der Waals surface area (Å²) in [6.07, 6.45) is 4.69. The summed E-state index contributed by atoms with van der Waals surface area (Å²) in [5, 5.41) is 8.60. The first kappa shape index (κ1) is 11.5. The Morgan fingerprint density at radius 3 is 2.81 bits per heavy atom. The van der Waals surface area contributed by atoms with Crippen LogP contribution in [0, 0.1) is 5.92 Å². The average Bonchev–Trinajstić information content (AvgIpc) is 2.28. The second-order valence-corrected chi connectivity index (χ2v) is 4.67. The van der Waals surface area contributed by atoms with Crippen LogP contribution in [0.3, 0.4) is 0 Å². The van der Waals surface area contributed by atoms with Gasteiger partial charge in [-0.15, -0.1) is 0 Å². The van der Waals surface area contributed by atoms with Gasteiger partial charge in [-0.3, -0.25) is 15.0 Å². The first-order valence-corrected chi connectivity index (χ1v) is 5.95. The minimum absolute atomic E-state index is 0.0441. The van der Waals surface area contributed by atoms with Crippen LogP contribution in [0.25, 0.3) is 0 Å². The van der Waals surface area contributed by atoms with Gasteiger partial charge in [0.15, 0.2) is 5.78 Å². The van der Waals surface area contributed by atoms with E-state index in [1.165, 1.54) is 6.42 Å². The van der Waals surface area contributed by atoms with Crippen molar-refractivity contribution in [2.45, 2.75) is 50.6 Å². The van der Waals surface area contributed by atoms with Gasteiger partial charge in [0.25, 0.3) is 0 Å². The van der Waals surface area contributed by atoms with Gasteiger partial charge in [0.2, 0.25) is 0 Å². The van der Waals surface area contributed by atoms with E-state index in [9.17, 15) is 9.59 Å². The quantitative estimate of drug-likeness (QED) is 0.651. The molecule has 5 nitrogen and oxygen atoms in total. The lowest BCUT2D eigenvalue weighted by atomic mass is 9.78. The van der Waals surface area contributed by atoms with Crippen molar-refractivity contribution < 1.29 is 14.7 Å². The molecule has 3 unspecified atom stereocenters. The highest BCUT2D eigenvalue weighted by Crippen LogP contribution is 2.28. The normalized spacial score (nSPS) is 34.5. The zero-order chi connectivity index (χ0) is 11.5.